The fourth-order valence-corrected chi connectivity index (χ4v) is 3.15. The summed E-state index contributed by atoms with van der Waals surface area (Å²) in [4.78, 5) is 0. The Bertz CT molecular complexity index is 576. The summed E-state index contributed by atoms with van der Waals surface area (Å²) < 4.78 is 5.48. The van der Waals surface area contributed by atoms with E-state index in [4.69, 9.17) is 10.5 Å². The monoisotopic (exact) mass is 267 g/mol. The predicted octanol–water partition coefficient (Wildman–Crippen LogP) is 3.82. The Morgan fingerprint density at radius 3 is 2.65 bits per heavy atom. The van der Waals surface area contributed by atoms with E-state index in [2.05, 4.69) is 36.4 Å². The molecule has 0 saturated carbocycles. The first kappa shape index (κ1) is 13.2. The van der Waals surface area contributed by atoms with Crippen LogP contribution in [0.25, 0.3) is 0 Å². The van der Waals surface area contributed by atoms with Gasteiger partial charge < -0.3 is 10.5 Å². The second-order valence-corrected chi connectivity index (χ2v) is 5.37. The van der Waals surface area contributed by atoms with Crippen molar-refractivity contribution in [2.24, 2.45) is 5.73 Å². The number of nitrogens with two attached hydrogens (primary N) is 1. The van der Waals surface area contributed by atoms with Gasteiger partial charge in [0.1, 0.15) is 5.75 Å². The minimum Gasteiger partial charge on any atom is -0.494 e. The van der Waals surface area contributed by atoms with Crippen molar-refractivity contribution in [1.82, 2.24) is 0 Å². The number of hydrogen-bond acceptors (Lipinski definition) is 2. The van der Waals surface area contributed by atoms with Crippen molar-refractivity contribution in [3.63, 3.8) is 0 Å². The summed E-state index contributed by atoms with van der Waals surface area (Å²) in [5.41, 5.74) is 10.6. The van der Waals surface area contributed by atoms with Gasteiger partial charge in [0, 0.05) is 12.0 Å². The number of fused-ring (bicyclic) bond motifs is 1. The maximum Gasteiger partial charge on any atom is 0.119 e. The van der Waals surface area contributed by atoms with E-state index in [1.165, 1.54) is 16.7 Å². The van der Waals surface area contributed by atoms with E-state index in [0.717, 1.165) is 18.6 Å². The Balaban J connectivity index is 1.81. The molecule has 2 nitrogen and oxygen atoms in total. The number of aryl methyl sites for hydroxylation is 1. The first-order valence-corrected chi connectivity index (χ1v) is 7.35. The van der Waals surface area contributed by atoms with Gasteiger partial charge in [-0.05, 0) is 48.6 Å². The highest BCUT2D eigenvalue weighted by Crippen LogP contribution is 2.40. The van der Waals surface area contributed by atoms with Gasteiger partial charge in [0.25, 0.3) is 0 Å². The molecule has 2 unspecified atom stereocenters. The van der Waals surface area contributed by atoms with Crippen LogP contribution in [0.15, 0.2) is 48.5 Å². The van der Waals surface area contributed by atoms with Crippen LogP contribution in [0.1, 0.15) is 42.0 Å². The largest absolute Gasteiger partial charge is 0.494 e. The highest BCUT2D eigenvalue weighted by Gasteiger charge is 2.28. The lowest BCUT2D eigenvalue weighted by molar-refractivity contribution is 0.340. The molecule has 1 aliphatic carbocycles. The molecule has 0 amide bonds. The van der Waals surface area contributed by atoms with E-state index in [-0.39, 0.29) is 6.04 Å². The Morgan fingerprint density at radius 2 is 1.90 bits per heavy atom. The molecule has 0 radical (unpaired) electrons. The third-order valence-electron chi connectivity index (χ3n) is 4.19. The van der Waals surface area contributed by atoms with E-state index in [9.17, 15) is 0 Å². The lowest BCUT2D eigenvalue weighted by Crippen LogP contribution is -2.18. The summed E-state index contributed by atoms with van der Waals surface area (Å²) >= 11 is 0. The average Bonchev–Trinajstić information content (AvgIpc) is 2.92. The maximum atomic E-state index is 6.50. The van der Waals surface area contributed by atoms with Crippen LogP contribution in [0.4, 0.5) is 0 Å². The average molecular weight is 267 g/mol. The molecule has 2 aromatic carbocycles. The fraction of sp³-hybridized carbons (Fsp3) is 0.333. The van der Waals surface area contributed by atoms with Crippen molar-refractivity contribution in [3.05, 3.63) is 65.2 Å². The first-order valence-electron chi connectivity index (χ1n) is 7.35. The van der Waals surface area contributed by atoms with Gasteiger partial charge in [-0.2, -0.15) is 0 Å². The van der Waals surface area contributed by atoms with Crippen LogP contribution in [0.2, 0.25) is 0 Å². The zero-order valence-electron chi connectivity index (χ0n) is 11.9. The maximum absolute atomic E-state index is 6.50. The van der Waals surface area contributed by atoms with Gasteiger partial charge in [0.15, 0.2) is 0 Å². The van der Waals surface area contributed by atoms with Crippen molar-refractivity contribution in [3.8, 4) is 5.75 Å². The molecule has 2 heteroatoms. The van der Waals surface area contributed by atoms with Gasteiger partial charge in [-0.15, -0.1) is 0 Å². The summed E-state index contributed by atoms with van der Waals surface area (Å²) in [5, 5.41) is 0. The predicted molar refractivity (Wildman–Crippen MR) is 82.0 cm³/mol. The van der Waals surface area contributed by atoms with E-state index in [1.54, 1.807) is 0 Å². The van der Waals surface area contributed by atoms with Crippen LogP contribution >= 0.6 is 0 Å². The van der Waals surface area contributed by atoms with Gasteiger partial charge in [0.05, 0.1) is 6.61 Å². The second-order valence-electron chi connectivity index (χ2n) is 5.37. The van der Waals surface area contributed by atoms with Gasteiger partial charge in [-0.1, -0.05) is 36.4 Å². The summed E-state index contributed by atoms with van der Waals surface area (Å²) in [6, 6.07) is 17.0. The SMILES string of the molecule is CCOc1ccc(C(N)C2CCc3ccccc32)cc1. The fourth-order valence-electron chi connectivity index (χ4n) is 3.15. The molecule has 0 bridgehead atoms. The second kappa shape index (κ2) is 5.68. The molecule has 104 valence electrons. The molecule has 0 spiro atoms. The molecule has 3 rings (SSSR count). The van der Waals surface area contributed by atoms with Crippen LogP contribution < -0.4 is 10.5 Å². The van der Waals surface area contributed by atoms with E-state index >= 15 is 0 Å². The van der Waals surface area contributed by atoms with Crippen LogP contribution in [0, 0.1) is 0 Å². The molecular weight excluding hydrogens is 246 g/mol. The molecule has 0 saturated heterocycles. The topological polar surface area (TPSA) is 35.2 Å². The van der Waals surface area contributed by atoms with Crippen LogP contribution in [0.5, 0.6) is 5.75 Å². The van der Waals surface area contributed by atoms with Crippen molar-refractivity contribution < 1.29 is 4.74 Å². The third kappa shape index (κ3) is 2.44. The van der Waals surface area contributed by atoms with E-state index in [0.29, 0.717) is 12.5 Å². The van der Waals surface area contributed by atoms with Crippen molar-refractivity contribution in [2.75, 3.05) is 6.61 Å². The normalized spacial score (nSPS) is 18.6. The van der Waals surface area contributed by atoms with Gasteiger partial charge in [-0.25, -0.2) is 0 Å². The summed E-state index contributed by atoms with van der Waals surface area (Å²) in [5.74, 6) is 1.35. The molecular formula is C18H21NO. The highest BCUT2D eigenvalue weighted by molar-refractivity contribution is 5.39. The molecule has 0 aliphatic heterocycles. The number of benzene rings is 2. The highest BCUT2D eigenvalue weighted by atomic mass is 16.5. The molecule has 0 heterocycles. The minimum atomic E-state index is 0.0642. The summed E-state index contributed by atoms with van der Waals surface area (Å²) in [7, 11) is 0. The Kier molecular flexibility index (Phi) is 3.75. The summed E-state index contributed by atoms with van der Waals surface area (Å²) in [6.45, 7) is 2.69. The molecule has 20 heavy (non-hydrogen) atoms. The van der Waals surface area contributed by atoms with Crippen LogP contribution in [0.3, 0.4) is 0 Å². The van der Waals surface area contributed by atoms with Gasteiger partial charge >= 0.3 is 0 Å². The van der Waals surface area contributed by atoms with Gasteiger partial charge in [0.2, 0.25) is 0 Å². The van der Waals surface area contributed by atoms with E-state index in [1.807, 2.05) is 19.1 Å². The first-order chi connectivity index (χ1) is 9.79. The van der Waals surface area contributed by atoms with E-state index < -0.39 is 0 Å². The standard InChI is InChI=1S/C18H21NO/c1-2-20-15-10-7-14(8-11-15)18(19)17-12-9-13-5-3-4-6-16(13)17/h3-8,10-11,17-18H,2,9,12,19H2,1H3. The number of rotatable bonds is 4. The molecule has 2 N–H and O–H groups in total. The molecule has 2 aromatic rings. The summed E-state index contributed by atoms with van der Waals surface area (Å²) in [6.07, 6.45) is 2.29. The van der Waals surface area contributed by atoms with Crippen LogP contribution in [-0.2, 0) is 6.42 Å². The lowest BCUT2D eigenvalue weighted by atomic mass is 9.89. The van der Waals surface area contributed by atoms with Crippen molar-refractivity contribution in [2.45, 2.75) is 31.7 Å². The van der Waals surface area contributed by atoms with Gasteiger partial charge in [-0.3, -0.25) is 0 Å². The number of hydrogen-bond donors (Lipinski definition) is 1. The zero-order valence-corrected chi connectivity index (χ0v) is 11.9. The third-order valence-corrected chi connectivity index (χ3v) is 4.19. The van der Waals surface area contributed by atoms with Crippen molar-refractivity contribution in [1.29, 1.82) is 0 Å². The Hall–Kier alpha value is -1.80. The van der Waals surface area contributed by atoms with Crippen LogP contribution in [-0.4, -0.2) is 6.61 Å². The van der Waals surface area contributed by atoms with Crippen molar-refractivity contribution >= 4 is 0 Å². The molecule has 2 atom stereocenters. The zero-order chi connectivity index (χ0) is 13.9. The minimum absolute atomic E-state index is 0.0642. The Morgan fingerprint density at radius 1 is 1.15 bits per heavy atom. The number of ether oxygens (including phenoxy) is 1. The quantitative estimate of drug-likeness (QED) is 0.914. The lowest BCUT2D eigenvalue weighted by Gasteiger charge is -2.21. The molecule has 0 fully saturated rings. The Labute approximate surface area is 120 Å². The smallest absolute Gasteiger partial charge is 0.119 e. The molecule has 1 aliphatic rings. The molecule has 0 aromatic heterocycles.